The van der Waals surface area contributed by atoms with Crippen LogP contribution < -0.4 is 5.73 Å². The van der Waals surface area contributed by atoms with E-state index in [1.54, 1.807) is 0 Å². The fourth-order valence-corrected chi connectivity index (χ4v) is 1.90. The summed E-state index contributed by atoms with van der Waals surface area (Å²) < 4.78 is 1.26. The predicted molar refractivity (Wildman–Crippen MR) is 65.8 cm³/mol. The normalized spacial score (nSPS) is 12.5. The fraction of sp³-hybridized carbons (Fsp3) is 0.273. The lowest BCUT2D eigenvalue weighted by atomic mass is 9.96. The zero-order valence-electron chi connectivity index (χ0n) is 7.54. The number of rotatable bonds is 4. The summed E-state index contributed by atoms with van der Waals surface area (Å²) in [7, 11) is 0. The summed E-state index contributed by atoms with van der Waals surface area (Å²) in [5.41, 5.74) is 7.00. The third-order valence-electron chi connectivity index (χ3n) is 2.06. The maximum absolute atomic E-state index is 5.69. The van der Waals surface area contributed by atoms with E-state index in [4.69, 9.17) is 5.73 Å². The number of allylic oxidation sites excluding steroid dienone is 1. The molecule has 2 heteroatoms. The van der Waals surface area contributed by atoms with Gasteiger partial charge in [0.2, 0.25) is 0 Å². The van der Waals surface area contributed by atoms with Gasteiger partial charge in [0.05, 0.1) is 0 Å². The molecule has 0 amide bonds. The van der Waals surface area contributed by atoms with Crippen LogP contribution in [-0.2, 0) is 0 Å². The van der Waals surface area contributed by atoms with Gasteiger partial charge in [-0.15, -0.1) is 6.58 Å². The highest BCUT2D eigenvalue weighted by Gasteiger charge is 2.07. The van der Waals surface area contributed by atoms with E-state index in [2.05, 4.69) is 53.4 Å². The second-order valence-corrected chi connectivity index (χ2v) is 4.26. The minimum absolute atomic E-state index is 0.423. The van der Waals surface area contributed by atoms with Crippen molar-refractivity contribution in [2.45, 2.75) is 12.3 Å². The second-order valence-electron chi connectivity index (χ2n) is 3.01. The van der Waals surface area contributed by atoms with Crippen LogP contribution in [0.25, 0.3) is 0 Å². The van der Waals surface area contributed by atoms with Crippen LogP contribution in [0.3, 0.4) is 0 Å². The molecule has 0 aliphatic carbocycles. The lowest BCUT2D eigenvalue weighted by molar-refractivity contribution is 0.710. The Labute approximate surface area is 93.2 Å². The molecule has 1 nitrogen and oxygen atoms in total. The summed E-state index contributed by atoms with van der Waals surface area (Å²) >= 11 is 2.32. The van der Waals surface area contributed by atoms with Gasteiger partial charge in [0.25, 0.3) is 0 Å². The minimum atomic E-state index is 0.423. The Morgan fingerprint density at radius 1 is 1.54 bits per heavy atom. The summed E-state index contributed by atoms with van der Waals surface area (Å²) in [4.78, 5) is 0. The van der Waals surface area contributed by atoms with Crippen LogP contribution in [0.15, 0.2) is 36.9 Å². The van der Waals surface area contributed by atoms with Gasteiger partial charge in [-0.25, -0.2) is 0 Å². The maximum atomic E-state index is 5.69. The van der Waals surface area contributed by atoms with E-state index in [-0.39, 0.29) is 0 Å². The third kappa shape index (κ3) is 3.12. The molecule has 0 saturated heterocycles. The van der Waals surface area contributed by atoms with E-state index in [1.165, 1.54) is 9.13 Å². The van der Waals surface area contributed by atoms with Crippen molar-refractivity contribution in [1.29, 1.82) is 0 Å². The molecule has 1 aromatic rings. The molecule has 0 heterocycles. The Balaban J connectivity index is 2.84. The van der Waals surface area contributed by atoms with Crippen molar-refractivity contribution < 1.29 is 0 Å². The Morgan fingerprint density at radius 2 is 2.31 bits per heavy atom. The molecule has 2 N–H and O–H groups in total. The van der Waals surface area contributed by atoms with Crippen LogP contribution in [0.2, 0.25) is 0 Å². The van der Waals surface area contributed by atoms with Gasteiger partial charge >= 0.3 is 0 Å². The van der Waals surface area contributed by atoms with Crippen molar-refractivity contribution in [3.8, 4) is 0 Å². The van der Waals surface area contributed by atoms with E-state index in [1.807, 2.05) is 6.08 Å². The van der Waals surface area contributed by atoms with Crippen molar-refractivity contribution in [2.75, 3.05) is 6.54 Å². The zero-order chi connectivity index (χ0) is 9.68. The van der Waals surface area contributed by atoms with Gasteiger partial charge < -0.3 is 5.73 Å². The Hall–Kier alpha value is -0.350. The Bertz CT molecular complexity index is 283. The van der Waals surface area contributed by atoms with E-state index in [0.717, 1.165) is 6.42 Å². The smallest absolute Gasteiger partial charge is 0.0133 e. The van der Waals surface area contributed by atoms with E-state index < -0.39 is 0 Å². The second kappa shape index (κ2) is 5.40. The first kappa shape index (κ1) is 10.7. The molecular weight excluding hydrogens is 273 g/mol. The van der Waals surface area contributed by atoms with Gasteiger partial charge in [0.1, 0.15) is 0 Å². The number of nitrogens with two attached hydrogens (primary N) is 1. The molecule has 0 spiro atoms. The Morgan fingerprint density at radius 3 is 2.85 bits per heavy atom. The molecule has 0 fully saturated rings. The lowest BCUT2D eigenvalue weighted by Gasteiger charge is -2.12. The molecule has 0 saturated carbocycles. The molecule has 0 bridgehead atoms. The molecule has 1 rings (SSSR count). The number of hydrogen-bond donors (Lipinski definition) is 1. The maximum Gasteiger partial charge on any atom is 0.0133 e. The first-order chi connectivity index (χ1) is 6.27. The summed E-state index contributed by atoms with van der Waals surface area (Å²) in [6.07, 6.45) is 2.88. The molecule has 1 aromatic carbocycles. The summed E-state index contributed by atoms with van der Waals surface area (Å²) in [6.45, 7) is 4.43. The van der Waals surface area contributed by atoms with Crippen molar-refractivity contribution >= 4 is 22.6 Å². The highest BCUT2D eigenvalue weighted by atomic mass is 127. The van der Waals surface area contributed by atoms with Gasteiger partial charge in [0, 0.05) is 3.57 Å². The lowest BCUT2D eigenvalue weighted by Crippen LogP contribution is -2.11. The summed E-state index contributed by atoms with van der Waals surface area (Å²) in [6, 6.07) is 8.47. The van der Waals surface area contributed by atoms with E-state index in [0.29, 0.717) is 12.5 Å². The highest BCUT2D eigenvalue weighted by Crippen LogP contribution is 2.20. The molecular formula is C11H14IN. The summed E-state index contributed by atoms with van der Waals surface area (Å²) in [5.74, 6) is 0.423. The molecule has 70 valence electrons. The molecule has 0 radical (unpaired) electrons. The summed E-state index contributed by atoms with van der Waals surface area (Å²) in [5, 5.41) is 0. The van der Waals surface area contributed by atoms with Gasteiger partial charge in [-0.05, 0) is 59.2 Å². The Kier molecular flexibility index (Phi) is 4.45. The van der Waals surface area contributed by atoms with Crippen LogP contribution in [0.1, 0.15) is 17.9 Å². The van der Waals surface area contributed by atoms with Crippen LogP contribution in [0, 0.1) is 3.57 Å². The quantitative estimate of drug-likeness (QED) is 0.669. The first-order valence-electron chi connectivity index (χ1n) is 4.34. The first-order valence-corrected chi connectivity index (χ1v) is 5.42. The van der Waals surface area contributed by atoms with Gasteiger partial charge in [-0.3, -0.25) is 0 Å². The van der Waals surface area contributed by atoms with Gasteiger partial charge in [0.15, 0.2) is 0 Å². The third-order valence-corrected chi connectivity index (χ3v) is 2.73. The monoisotopic (exact) mass is 287 g/mol. The standard InChI is InChI=1S/C11H14IN/c1-2-4-10(8-13)9-5-3-6-11(12)7-9/h2-3,5-7,10H,1,4,8,13H2. The van der Waals surface area contributed by atoms with Gasteiger partial charge in [-0.2, -0.15) is 0 Å². The largest absolute Gasteiger partial charge is 0.330 e. The van der Waals surface area contributed by atoms with E-state index >= 15 is 0 Å². The average molecular weight is 287 g/mol. The number of hydrogen-bond acceptors (Lipinski definition) is 1. The molecule has 0 aliphatic heterocycles. The van der Waals surface area contributed by atoms with Crippen molar-refractivity contribution in [3.63, 3.8) is 0 Å². The van der Waals surface area contributed by atoms with Crippen LogP contribution in [0.4, 0.5) is 0 Å². The molecule has 13 heavy (non-hydrogen) atoms. The molecule has 0 aromatic heterocycles. The average Bonchev–Trinajstić information content (AvgIpc) is 2.14. The van der Waals surface area contributed by atoms with Crippen LogP contribution >= 0.6 is 22.6 Å². The van der Waals surface area contributed by atoms with Crippen molar-refractivity contribution in [1.82, 2.24) is 0 Å². The SMILES string of the molecule is C=CCC(CN)c1cccc(I)c1. The van der Waals surface area contributed by atoms with Gasteiger partial charge in [-0.1, -0.05) is 18.2 Å². The molecule has 1 atom stereocenters. The van der Waals surface area contributed by atoms with Crippen molar-refractivity contribution in [2.24, 2.45) is 5.73 Å². The highest BCUT2D eigenvalue weighted by molar-refractivity contribution is 14.1. The fourth-order valence-electron chi connectivity index (χ4n) is 1.33. The minimum Gasteiger partial charge on any atom is -0.330 e. The topological polar surface area (TPSA) is 26.0 Å². The zero-order valence-corrected chi connectivity index (χ0v) is 9.70. The number of benzene rings is 1. The number of halogens is 1. The van der Waals surface area contributed by atoms with Crippen LogP contribution in [-0.4, -0.2) is 6.54 Å². The predicted octanol–water partition coefficient (Wildman–Crippen LogP) is 2.91. The van der Waals surface area contributed by atoms with E-state index in [9.17, 15) is 0 Å². The molecule has 0 aliphatic rings. The molecule has 1 unspecified atom stereocenters. The van der Waals surface area contributed by atoms with Crippen LogP contribution in [0.5, 0.6) is 0 Å². The van der Waals surface area contributed by atoms with Crippen molar-refractivity contribution in [3.05, 3.63) is 46.1 Å².